The van der Waals surface area contributed by atoms with Gasteiger partial charge in [-0.05, 0) is 74.2 Å². The van der Waals surface area contributed by atoms with Crippen molar-refractivity contribution in [1.82, 2.24) is 4.57 Å². The molecular formula is C25H23Cl2N3O. The Labute approximate surface area is 192 Å². The topological polar surface area (TPSA) is 57.8 Å². The Morgan fingerprint density at radius 1 is 1.16 bits per heavy atom. The molecule has 0 aliphatic heterocycles. The molecule has 1 aromatic heterocycles. The smallest absolute Gasteiger partial charge is 0.266 e. The molecule has 158 valence electrons. The molecule has 0 unspecified atom stereocenters. The van der Waals surface area contributed by atoms with Crippen molar-refractivity contribution in [1.29, 1.82) is 5.26 Å². The maximum absolute atomic E-state index is 12.7. The number of rotatable bonds is 5. The fourth-order valence-electron chi connectivity index (χ4n) is 3.69. The van der Waals surface area contributed by atoms with Crippen LogP contribution >= 0.6 is 23.2 Å². The highest BCUT2D eigenvalue weighted by Crippen LogP contribution is 2.29. The van der Waals surface area contributed by atoms with Crippen LogP contribution in [0.15, 0.2) is 48.0 Å². The minimum atomic E-state index is -0.526. The molecule has 31 heavy (non-hydrogen) atoms. The van der Waals surface area contributed by atoms with E-state index in [-0.39, 0.29) is 5.57 Å². The number of hydrogen-bond acceptors (Lipinski definition) is 2. The molecule has 1 heterocycles. The molecule has 4 nitrogen and oxygen atoms in total. The number of para-hydroxylation sites is 1. The second-order valence-electron chi connectivity index (χ2n) is 7.35. The number of nitrogens with zero attached hydrogens (tertiary/aromatic N) is 2. The van der Waals surface area contributed by atoms with E-state index in [4.69, 9.17) is 23.2 Å². The second-order valence-corrected chi connectivity index (χ2v) is 8.19. The van der Waals surface area contributed by atoms with Crippen molar-refractivity contribution in [2.75, 3.05) is 5.32 Å². The van der Waals surface area contributed by atoms with Gasteiger partial charge in [-0.1, -0.05) is 48.3 Å². The van der Waals surface area contributed by atoms with E-state index in [9.17, 15) is 10.1 Å². The quantitative estimate of drug-likeness (QED) is 0.341. The lowest BCUT2D eigenvalue weighted by Crippen LogP contribution is -2.13. The van der Waals surface area contributed by atoms with Crippen LogP contribution in [-0.4, -0.2) is 10.5 Å². The summed E-state index contributed by atoms with van der Waals surface area (Å²) in [4.78, 5) is 12.7. The van der Waals surface area contributed by atoms with Gasteiger partial charge in [0.2, 0.25) is 0 Å². The Morgan fingerprint density at radius 3 is 2.55 bits per heavy atom. The lowest BCUT2D eigenvalue weighted by molar-refractivity contribution is -0.112. The Bertz CT molecular complexity index is 1230. The third-order valence-electron chi connectivity index (χ3n) is 5.24. The van der Waals surface area contributed by atoms with Crippen LogP contribution in [0.3, 0.4) is 0 Å². The molecular weight excluding hydrogens is 429 g/mol. The van der Waals surface area contributed by atoms with E-state index in [2.05, 4.69) is 41.9 Å². The number of hydrogen-bond donors (Lipinski definition) is 1. The first-order chi connectivity index (χ1) is 14.8. The zero-order chi connectivity index (χ0) is 22.7. The van der Waals surface area contributed by atoms with E-state index in [1.807, 2.05) is 26.0 Å². The Morgan fingerprint density at radius 2 is 1.90 bits per heavy atom. The summed E-state index contributed by atoms with van der Waals surface area (Å²) in [6.45, 7) is 8.24. The average molecular weight is 452 g/mol. The van der Waals surface area contributed by atoms with E-state index in [1.165, 1.54) is 17.2 Å². The summed E-state index contributed by atoms with van der Waals surface area (Å²) >= 11 is 12.0. The SMILES string of the molecule is CCc1cccc(C)c1-n1c(C)cc(/C=C(/C#N)C(=O)Nc2ccc(Cl)cc2Cl)c1C. The first-order valence-corrected chi connectivity index (χ1v) is 10.7. The Hall–Kier alpha value is -3.00. The van der Waals surface area contributed by atoms with Gasteiger partial charge >= 0.3 is 0 Å². The van der Waals surface area contributed by atoms with Crippen LogP contribution in [0.4, 0.5) is 5.69 Å². The third kappa shape index (κ3) is 4.69. The van der Waals surface area contributed by atoms with E-state index < -0.39 is 5.91 Å². The largest absolute Gasteiger partial charge is 0.320 e. The molecule has 0 saturated heterocycles. The maximum Gasteiger partial charge on any atom is 0.266 e. The van der Waals surface area contributed by atoms with E-state index in [1.54, 1.807) is 18.2 Å². The lowest BCUT2D eigenvalue weighted by atomic mass is 10.1. The van der Waals surface area contributed by atoms with Gasteiger partial charge in [0.05, 0.1) is 16.4 Å². The van der Waals surface area contributed by atoms with Gasteiger partial charge in [0, 0.05) is 16.4 Å². The molecule has 0 radical (unpaired) electrons. The van der Waals surface area contributed by atoms with Gasteiger partial charge in [-0.25, -0.2) is 0 Å². The van der Waals surface area contributed by atoms with E-state index in [0.717, 1.165) is 29.1 Å². The summed E-state index contributed by atoms with van der Waals surface area (Å²) in [5.41, 5.74) is 6.77. The van der Waals surface area contributed by atoms with E-state index in [0.29, 0.717) is 15.7 Å². The molecule has 0 bridgehead atoms. The Balaban J connectivity index is 2.01. The van der Waals surface area contributed by atoms with Crippen molar-refractivity contribution >= 4 is 40.9 Å². The molecule has 0 saturated carbocycles. The summed E-state index contributed by atoms with van der Waals surface area (Å²) in [6.07, 6.45) is 2.52. The molecule has 3 aromatic rings. The number of amides is 1. The van der Waals surface area contributed by atoms with Gasteiger partial charge in [-0.2, -0.15) is 5.26 Å². The molecule has 6 heteroatoms. The van der Waals surface area contributed by atoms with Gasteiger partial charge < -0.3 is 9.88 Å². The van der Waals surface area contributed by atoms with Crippen molar-refractivity contribution in [3.8, 4) is 11.8 Å². The molecule has 1 amide bonds. The van der Waals surface area contributed by atoms with Crippen molar-refractivity contribution in [2.24, 2.45) is 0 Å². The number of nitriles is 1. The molecule has 0 spiro atoms. The average Bonchev–Trinajstić information content (AvgIpc) is 3.00. The van der Waals surface area contributed by atoms with Crippen molar-refractivity contribution in [3.63, 3.8) is 0 Å². The summed E-state index contributed by atoms with van der Waals surface area (Å²) in [6, 6.07) is 15.0. The van der Waals surface area contributed by atoms with Gasteiger partial charge in [0.1, 0.15) is 11.6 Å². The number of anilines is 1. The van der Waals surface area contributed by atoms with Crippen LogP contribution in [0, 0.1) is 32.1 Å². The highest BCUT2D eigenvalue weighted by Gasteiger charge is 2.17. The molecule has 2 aromatic carbocycles. The fourth-order valence-corrected chi connectivity index (χ4v) is 4.14. The van der Waals surface area contributed by atoms with Gasteiger partial charge in [-0.3, -0.25) is 4.79 Å². The predicted octanol–water partition coefficient (Wildman–Crippen LogP) is 6.82. The summed E-state index contributed by atoms with van der Waals surface area (Å²) < 4.78 is 2.18. The van der Waals surface area contributed by atoms with Crippen LogP contribution in [-0.2, 0) is 11.2 Å². The zero-order valence-electron chi connectivity index (χ0n) is 17.9. The number of aromatic nitrogens is 1. The van der Waals surface area contributed by atoms with Crippen LogP contribution < -0.4 is 5.32 Å². The minimum absolute atomic E-state index is 0.00762. The number of benzene rings is 2. The third-order valence-corrected chi connectivity index (χ3v) is 5.79. The van der Waals surface area contributed by atoms with Crippen LogP contribution in [0.5, 0.6) is 0 Å². The number of halogens is 2. The zero-order valence-corrected chi connectivity index (χ0v) is 19.4. The highest BCUT2D eigenvalue weighted by molar-refractivity contribution is 6.36. The lowest BCUT2D eigenvalue weighted by Gasteiger charge is -2.17. The summed E-state index contributed by atoms with van der Waals surface area (Å²) in [5.74, 6) is -0.526. The fraction of sp³-hybridized carbons (Fsp3) is 0.200. The van der Waals surface area contributed by atoms with Gasteiger partial charge in [0.25, 0.3) is 5.91 Å². The van der Waals surface area contributed by atoms with Crippen molar-refractivity contribution < 1.29 is 4.79 Å². The summed E-state index contributed by atoms with van der Waals surface area (Å²) in [5, 5.41) is 13.1. The predicted molar refractivity (Wildman–Crippen MR) is 128 cm³/mol. The molecule has 0 aliphatic rings. The van der Waals surface area contributed by atoms with Crippen LogP contribution in [0.2, 0.25) is 10.0 Å². The first-order valence-electron chi connectivity index (χ1n) is 9.92. The van der Waals surface area contributed by atoms with Crippen LogP contribution in [0.1, 0.15) is 35.0 Å². The van der Waals surface area contributed by atoms with Crippen LogP contribution in [0.25, 0.3) is 11.8 Å². The van der Waals surface area contributed by atoms with Gasteiger partial charge in [0.15, 0.2) is 0 Å². The molecule has 1 N–H and O–H groups in total. The number of nitrogens with one attached hydrogen (secondary N) is 1. The maximum atomic E-state index is 12.7. The van der Waals surface area contributed by atoms with Crippen molar-refractivity contribution in [3.05, 3.63) is 86.2 Å². The normalized spacial score (nSPS) is 11.3. The molecule has 0 fully saturated rings. The first kappa shape index (κ1) is 22.7. The minimum Gasteiger partial charge on any atom is -0.320 e. The number of carbonyl (C=O) groups excluding carboxylic acids is 1. The number of aryl methyl sites for hydroxylation is 3. The standard InChI is InChI=1S/C25H23Cl2N3O/c1-5-18-8-6-7-15(2)24(18)30-16(3)11-19(17(30)4)12-20(14-28)25(31)29-23-10-9-21(26)13-22(23)27/h6-13H,5H2,1-4H3,(H,29,31)/b20-12-. The monoisotopic (exact) mass is 451 g/mol. The second kappa shape index (κ2) is 9.43. The molecule has 0 aliphatic carbocycles. The highest BCUT2D eigenvalue weighted by atomic mass is 35.5. The number of carbonyl (C=O) groups is 1. The van der Waals surface area contributed by atoms with E-state index >= 15 is 0 Å². The van der Waals surface area contributed by atoms with Gasteiger partial charge in [-0.15, -0.1) is 0 Å². The Kier molecular flexibility index (Phi) is 6.90. The summed E-state index contributed by atoms with van der Waals surface area (Å²) in [7, 11) is 0. The molecule has 0 atom stereocenters. The molecule has 3 rings (SSSR count). The van der Waals surface area contributed by atoms with Crippen molar-refractivity contribution in [2.45, 2.75) is 34.1 Å².